The Hall–Kier alpha value is -5.00. The quantitative estimate of drug-likeness (QED) is 0.285. The number of nitrogens with zero attached hydrogens (tertiary/aromatic N) is 4. The van der Waals surface area contributed by atoms with E-state index in [0.717, 1.165) is 18.7 Å². The number of carbonyl (C=O) groups is 2. The van der Waals surface area contributed by atoms with E-state index < -0.39 is 15.9 Å². The summed E-state index contributed by atoms with van der Waals surface area (Å²) in [5.74, 6) is -0.386. The third-order valence-corrected chi connectivity index (χ3v) is 9.89. The minimum absolute atomic E-state index is 0.136. The van der Waals surface area contributed by atoms with Gasteiger partial charge >= 0.3 is 0 Å². The molecule has 0 unspecified atom stereocenters. The van der Waals surface area contributed by atoms with Gasteiger partial charge in [0.15, 0.2) is 5.65 Å². The lowest BCUT2D eigenvalue weighted by Gasteiger charge is -2.32. The highest BCUT2D eigenvalue weighted by atomic mass is 32.2. The standard InChI is InChI=1S/C34H33N5O5S/c1-22-8-11-25(12-9-22)45(42,43)39-21-30(26-6-4-5-7-31(26)44-3)28-19-24(20-36-33(28)39)23-10-13-27(32(35)40)29(18-23)34(41)38-16-14-37(2)15-17-38/h4-13,18-21H,14-17H2,1-3H3,(H2,35,40). The molecule has 0 spiro atoms. The Labute approximate surface area is 261 Å². The number of carbonyl (C=O) groups excluding carboxylic acids is 2. The first-order valence-electron chi connectivity index (χ1n) is 14.5. The van der Waals surface area contributed by atoms with Crippen molar-refractivity contribution in [2.75, 3.05) is 40.3 Å². The van der Waals surface area contributed by atoms with E-state index in [1.165, 1.54) is 3.97 Å². The molecule has 0 aliphatic carbocycles. The molecule has 6 rings (SSSR count). The zero-order valence-corrected chi connectivity index (χ0v) is 26.0. The fourth-order valence-corrected chi connectivity index (χ4v) is 6.95. The maximum absolute atomic E-state index is 13.9. The summed E-state index contributed by atoms with van der Waals surface area (Å²) in [6.07, 6.45) is 3.13. The van der Waals surface area contributed by atoms with Crippen LogP contribution < -0.4 is 10.5 Å². The fourth-order valence-electron chi connectivity index (χ4n) is 5.62. The normalized spacial score (nSPS) is 14.1. The summed E-state index contributed by atoms with van der Waals surface area (Å²) >= 11 is 0. The third kappa shape index (κ3) is 5.56. The van der Waals surface area contributed by atoms with Crippen molar-refractivity contribution in [3.05, 3.63) is 102 Å². The van der Waals surface area contributed by atoms with Crippen LogP contribution in [0, 0.1) is 6.92 Å². The molecule has 0 saturated carbocycles. The molecular weight excluding hydrogens is 590 g/mol. The fraction of sp³-hybridized carbons (Fsp3) is 0.206. The number of nitrogens with two attached hydrogens (primary N) is 1. The second-order valence-corrected chi connectivity index (χ2v) is 13.0. The lowest BCUT2D eigenvalue weighted by atomic mass is 9.97. The summed E-state index contributed by atoms with van der Waals surface area (Å²) in [6.45, 7) is 4.43. The second kappa shape index (κ2) is 11.8. The van der Waals surface area contributed by atoms with E-state index in [2.05, 4.69) is 9.88 Å². The Kier molecular flexibility index (Phi) is 7.90. The molecule has 1 fully saturated rings. The van der Waals surface area contributed by atoms with Gasteiger partial charge in [-0.05, 0) is 55.9 Å². The molecule has 5 aromatic rings. The average Bonchev–Trinajstić information content (AvgIpc) is 3.44. The number of primary amides is 1. The molecule has 3 aromatic carbocycles. The molecule has 0 radical (unpaired) electrons. The molecule has 230 valence electrons. The summed E-state index contributed by atoms with van der Waals surface area (Å²) < 4.78 is 34.6. The van der Waals surface area contributed by atoms with Crippen LogP contribution in [0.25, 0.3) is 33.3 Å². The number of para-hydroxylation sites is 1. The van der Waals surface area contributed by atoms with Crippen LogP contribution in [0.4, 0.5) is 0 Å². The SMILES string of the molecule is COc1ccccc1-c1cn(S(=O)(=O)c2ccc(C)cc2)c2ncc(-c3ccc(C(N)=O)c(C(=O)N4CCN(C)CC4)c3)cc12. The van der Waals surface area contributed by atoms with Gasteiger partial charge in [0.2, 0.25) is 5.91 Å². The maximum Gasteiger partial charge on any atom is 0.269 e. The highest BCUT2D eigenvalue weighted by Gasteiger charge is 2.27. The highest BCUT2D eigenvalue weighted by Crippen LogP contribution is 2.39. The molecular formula is C34H33N5O5S. The predicted molar refractivity (Wildman–Crippen MR) is 173 cm³/mol. The number of hydrogen-bond acceptors (Lipinski definition) is 7. The first-order valence-corrected chi connectivity index (χ1v) is 15.9. The summed E-state index contributed by atoms with van der Waals surface area (Å²) in [6, 6.07) is 20.8. The van der Waals surface area contributed by atoms with Gasteiger partial charge in [0, 0.05) is 60.6 Å². The van der Waals surface area contributed by atoms with Crippen LogP contribution in [-0.4, -0.2) is 79.3 Å². The molecule has 2 amide bonds. The smallest absolute Gasteiger partial charge is 0.269 e. The topological polar surface area (TPSA) is 128 Å². The van der Waals surface area contributed by atoms with Gasteiger partial charge in [-0.1, -0.05) is 42.0 Å². The van der Waals surface area contributed by atoms with E-state index in [0.29, 0.717) is 46.5 Å². The minimum atomic E-state index is -4.01. The number of rotatable bonds is 7. The van der Waals surface area contributed by atoms with E-state index in [1.54, 1.807) is 66.9 Å². The van der Waals surface area contributed by atoms with E-state index in [9.17, 15) is 18.0 Å². The number of likely N-dealkylation sites (N-methyl/N-ethyl adjacent to an activating group) is 1. The number of methoxy groups -OCH3 is 1. The zero-order valence-electron chi connectivity index (χ0n) is 25.2. The maximum atomic E-state index is 13.9. The van der Waals surface area contributed by atoms with Crippen LogP contribution >= 0.6 is 0 Å². The van der Waals surface area contributed by atoms with Crippen molar-refractivity contribution in [2.24, 2.45) is 5.73 Å². The van der Waals surface area contributed by atoms with Crippen molar-refractivity contribution >= 4 is 32.9 Å². The number of piperazine rings is 1. The minimum Gasteiger partial charge on any atom is -0.496 e. The van der Waals surface area contributed by atoms with Crippen molar-refractivity contribution in [3.8, 4) is 28.0 Å². The lowest BCUT2D eigenvalue weighted by molar-refractivity contribution is 0.0660. The molecule has 0 bridgehead atoms. The van der Waals surface area contributed by atoms with Gasteiger partial charge in [-0.25, -0.2) is 17.4 Å². The van der Waals surface area contributed by atoms with Crippen molar-refractivity contribution in [2.45, 2.75) is 11.8 Å². The molecule has 11 heteroatoms. The number of pyridine rings is 1. The average molecular weight is 624 g/mol. The first kappa shape index (κ1) is 30.0. The van der Waals surface area contributed by atoms with E-state index in [1.807, 2.05) is 44.3 Å². The van der Waals surface area contributed by atoms with Gasteiger partial charge in [0.25, 0.3) is 15.9 Å². The van der Waals surface area contributed by atoms with Crippen LogP contribution in [0.2, 0.25) is 0 Å². The molecule has 2 aromatic heterocycles. The molecule has 1 aliphatic rings. The first-order chi connectivity index (χ1) is 21.6. The molecule has 1 aliphatic heterocycles. The van der Waals surface area contributed by atoms with E-state index >= 15 is 0 Å². The summed E-state index contributed by atoms with van der Waals surface area (Å²) in [7, 11) is -0.449. The predicted octanol–water partition coefficient (Wildman–Crippen LogP) is 4.41. The van der Waals surface area contributed by atoms with Gasteiger partial charge < -0.3 is 20.3 Å². The molecule has 0 atom stereocenters. The van der Waals surface area contributed by atoms with Crippen molar-refractivity contribution in [3.63, 3.8) is 0 Å². The Bertz CT molecular complexity index is 2050. The molecule has 2 N–H and O–H groups in total. The number of amides is 2. The molecule has 1 saturated heterocycles. The van der Waals surface area contributed by atoms with Crippen molar-refractivity contribution < 1.29 is 22.7 Å². The number of fused-ring (bicyclic) bond motifs is 1. The second-order valence-electron chi connectivity index (χ2n) is 11.2. The van der Waals surface area contributed by atoms with Crippen molar-refractivity contribution in [1.29, 1.82) is 0 Å². The number of ether oxygens (including phenoxy) is 1. The van der Waals surface area contributed by atoms with Crippen LogP contribution in [0.3, 0.4) is 0 Å². The summed E-state index contributed by atoms with van der Waals surface area (Å²) in [5, 5.41) is 0.568. The van der Waals surface area contributed by atoms with Gasteiger partial charge in [-0.2, -0.15) is 0 Å². The third-order valence-electron chi connectivity index (χ3n) is 8.23. The van der Waals surface area contributed by atoms with E-state index in [-0.39, 0.29) is 27.6 Å². The highest BCUT2D eigenvalue weighted by molar-refractivity contribution is 7.90. The van der Waals surface area contributed by atoms with Gasteiger partial charge in [0.1, 0.15) is 5.75 Å². The summed E-state index contributed by atoms with van der Waals surface area (Å²) in [5.41, 5.74) is 9.78. The Morgan fingerprint density at radius 3 is 2.27 bits per heavy atom. The largest absolute Gasteiger partial charge is 0.496 e. The monoisotopic (exact) mass is 623 g/mol. The van der Waals surface area contributed by atoms with Crippen LogP contribution in [0.15, 0.2) is 90.1 Å². The number of hydrogen-bond donors (Lipinski definition) is 1. The Balaban J connectivity index is 1.52. The van der Waals surface area contributed by atoms with Crippen LogP contribution in [0.5, 0.6) is 5.75 Å². The number of benzene rings is 3. The Morgan fingerprint density at radius 1 is 0.867 bits per heavy atom. The van der Waals surface area contributed by atoms with Crippen LogP contribution in [0.1, 0.15) is 26.3 Å². The molecule has 45 heavy (non-hydrogen) atoms. The number of aromatic nitrogens is 2. The van der Waals surface area contributed by atoms with E-state index in [4.69, 9.17) is 10.5 Å². The van der Waals surface area contributed by atoms with Crippen molar-refractivity contribution in [1.82, 2.24) is 18.8 Å². The zero-order chi connectivity index (χ0) is 31.9. The Morgan fingerprint density at radius 2 is 1.58 bits per heavy atom. The van der Waals surface area contributed by atoms with Gasteiger partial charge in [0.05, 0.1) is 23.1 Å². The molecule has 3 heterocycles. The number of aryl methyl sites for hydroxylation is 1. The van der Waals surface area contributed by atoms with Crippen LogP contribution in [-0.2, 0) is 10.0 Å². The van der Waals surface area contributed by atoms with Gasteiger partial charge in [-0.15, -0.1) is 0 Å². The molecule has 10 nitrogen and oxygen atoms in total. The lowest BCUT2D eigenvalue weighted by Crippen LogP contribution is -2.47. The summed E-state index contributed by atoms with van der Waals surface area (Å²) in [4.78, 5) is 34.6. The van der Waals surface area contributed by atoms with Gasteiger partial charge in [-0.3, -0.25) is 9.59 Å².